The summed E-state index contributed by atoms with van der Waals surface area (Å²) in [6.45, 7) is -8.90. The van der Waals surface area contributed by atoms with Crippen LogP contribution >= 0.6 is 0 Å². The van der Waals surface area contributed by atoms with Crippen LogP contribution in [0.4, 0.5) is 48.3 Å². The van der Waals surface area contributed by atoms with Gasteiger partial charge in [0.15, 0.2) is 0 Å². The molecule has 0 aromatic rings. The van der Waals surface area contributed by atoms with E-state index < -0.39 is 44.0 Å². The van der Waals surface area contributed by atoms with Gasteiger partial charge in [-0.05, 0) is 0 Å². The van der Waals surface area contributed by atoms with Crippen molar-refractivity contribution in [2.45, 2.75) is 30.7 Å². The molecular formula is C7H5F11O2. The molecule has 0 saturated carbocycles. The van der Waals surface area contributed by atoms with Crippen molar-refractivity contribution in [2.75, 3.05) is 13.2 Å². The van der Waals surface area contributed by atoms with Gasteiger partial charge in [-0.25, -0.2) is 0 Å². The van der Waals surface area contributed by atoms with Gasteiger partial charge in [-0.1, -0.05) is 0 Å². The zero-order valence-electron chi connectivity index (χ0n) is 8.97. The van der Waals surface area contributed by atoms with Crippen molar-refractivity contribution in [2.24, 2.45) is 0 Å². The SMILES string of the molecule is FC(OCC(F)(F)C(F)(F)F)OCC(F)(F)C(F)(F)F. The molecule has 0 N–H and O–H groups in total. The summed E-state index contributed by atoms with van der Waals surface area (Å²) < 4.78 is 136. The molecule has 0 rings (SSSR count). The Labute approximate surface area is 103 Å². The van der Waals surface area contributed by atoms with Crippen LogP contribution in [0.5, 0.6) is 0 Å². The second-order valence-corrected chi connectivity index (χ2v) is 3.30. The Hall–Kier alpha value is -0.850. The molecule has 0 aliphatic rings. The fourth-order valence-corrected chi connectivity index (χ4v) is 0.552. The van der Waals surface area contributed by atoms with Gasteiger partial charge < -0.3 is 9.47 Å². The van der Waals surface area contributed by atoms with Crippen LogP contribution in [-0.2, 0) is 9.47 Å². The van der Waals surface area contributed by atoms with Gasteiger partial charge in [0.25, 0.3) is 0 Å². The molecule has 0 saturated heterocycles. The minimum Gasteiger partial charge on any atom is -0.320 e. The van der Waals surface area contributed by atoms with Crippen LogP contribution in [0.3, 0.4) is 0 Å². The van der Waals surface area contributed by atoms with Gasteiger partial charge in [-0.3, -0.25) is 0 Å². The normalized spacial score (nSPS) is 15.0. The summed E-state index contributed by atoms with van der Waals surface area (Å²) in [4.78, 5) is 0. The molecule has 0 bridgehead atoms. The summed E-state index contributed by atoms with van der Waals surface area (Å²) in [6.07, 6.45) is -12.2. The van der Waals surface area contributed by atoms with Crippen LogP contribution in [0.1, 0.15) is 0 Å². The highest BCUT2D eigenvalue weighted by Crippen LogP contribution is 2.37. The average Bonchev–Trinajstić information content (AvgIpc) is 2.20. The Morgan fingerprint density at radius 2 is 0.850 bits per heavy atom. The van der Waals surface area contributed by atoms with E-state index in [-0.39, 0.29) is 0 Å². The molecular weight excluding hydrogens is 325 g/mol. The van der Waals surface area contributed by atoms with Gasteiger partial charge in [0.05, 0.1) is 0 Å². The summed E-state index contributed by atoms with van der Waals surface area (Å²) in [6, 6.07) is 0. The van der Waals surface area contributed by atoms with Crippen molar-refractivity contribution in [3.05, 3.63) is 0 Å². The van der Waals surface area contributed by atoms with Crippen LogP contribution < -0.4 is 0 Å². The molecule has 0 radical (unpaired) electrons. The molecule has 0 heterocycles. The van der Waals surface area contributed by atoms with E-state index >= 15 is 0 Å². The lowest BCUT2D eigenvalue weighted by Crippen LogP contribution is -2.43. The molecule has 0 fully saturated rings. The van der Waals surface area contributed by atoms with Crippen molar-refractivity contribution in [3.63, 3.8) is 0 Å². The van der Waals surface area contributed by atoms with Crippen LogP contribution in [-0.4, -0.2) is 44.0 Å². The van der Waals surface area contributed by atoms with Crippen molar-refractivity contribution in [1.82, 2.24) is 0 Å². The number of alkyl halides is 11. The number of halogens is 11. The van der Waals surface area contributed by atoms with Crippen molar-refractivity contribution >= 4 is 0 Å². The maximum absolute atomic E-state index is 12.4. The highest BCUT2D eigenvalue weighted by atomic mass is 19.4. The van der Waals surface area contributed by atoms with Crippen LogP contribution in [0, 0.1) is 0 Å². The van der Waals surface area contributed by atoms with Crippen LogP contribution in [0.25, 0.3) is 0 Å². The second-order valence-electron chi connectivity index (χ2n) is 3.30. The molecule has 122 valence electrons. The Morgan fingerprint density at radius 1 is 0.600 bits per heavy atom. The van der Waals surface area contributed by atoms with E-state index in [0.717, 1.165) is 0 Å². The topological polar surface area (TPSA) is 18.5 Å². The summed E-state index contributed by atoms with van der Waals surface area (Å²) in [7, 11) is 0. The first-order valence-electron chi connectivity index (χ1n) is 4.36. The van der Waals surface area contributed by atoms with Crippen molar-refractivity contribution < 1.29 is 57.8 Å². The molecule has 0 spiro atoms. The molecule has 0 aromatic carbocycles. The maximum atomic E-state index is 12.4. The molecule has 20 heavy (non-hydrogen) atoms. The molecule has 13 heteroatoms. The summed E-state index contributed by atoms with van der Waals surface area (Å²) in [5, 5.41) is 0. The zero-order chi connectivity index (χ0) is 16.4. The fraction of sp³-hybridized carbons (Fsp3) is 1.00. The monoisotopic (exact) mass is 330 g/mol. The minimum absolute atomic E-state index is 2.64. The summed E-state index contributed by atoms with van der Waals surface area (Å²) in [5.41, 5.74) is 0. The Balaban J connectivity index is 4.31. The van der Waals surface area contributed by atoms with E-state index in [4.69, 9.17) is 0 Å². The fourth-order valence-electron chi connectivity index (χ4n) is 0.552. The summed E-state index contributed by atoms with van der Waals surface area (Å²) >= 11 is 0. The van der Waals surface area contributed by atoms with Crippen molar-refractivity contribution in [1.29, 1.82) is 0 Å². The first-order valence-corrected chi connectivity index (χ1v) is 4.36. The predicted molar refractivity (Wildman–Crippen MR) is 38.8 cm³/mol. The second kappa shape index (κ2) is 5.87. The third-order valence-corrected chi connectivity index (χ3v) is 1.62. The lowest BCUT2D eigenvalue weighted by atomic mass is 10.3. The molecule has 0 amide bonds. The third kappa shape index (κ3) is 5.26. The number of ether oxygens (including phenoxy) is 2. The van der Waals surface area contributed by atoms with Gasteiger partial charge in [0.2, 0.25) is 0 Å². The zero-order valence-corrected chi connectivity index (χ0v) is 8.97. The van der Waals surface area contributed by atoms with Gasteiger partial charge >= 0.3 is 30.7 Å². The number of rotatable bonds is 6. The number of hydrogen-bond acceptors (Lipinski definition) is 2. The van der Waals surface area contributed by atoms with E-state index in [0.29, 0.717) is 0 Å². The van der Waals surface area contributed by atoms with Gasteiger partial charge in [-0.15, -0.1) is 0 Å². The Bertz CT molecular complexity index is 277. The molecule has 0 atom stereocenters. The summed E-state index contributed by atoms with van der Waals surface area (Å²) in [5.74, 6) is -11.0. The lowest BCUT2D eigenvalue weighted by Gasteiger charge is -2.22. The minimum atomic E-state index is -6.11. The molecule has 0 aliphatic heterocycles. The van der Waals surface area contributed by atoms with E-state index in [1.807, 2.05) is 0 Å². The molecule has 0 aromatic heterocycles. The largest absolute Gasteiger partial charge is 0.455 e. The van der Waals surface area contributed by atoms with E-state index in [1.165, 1.54) is 0 Å². The van der Waals surface area contributed by atoms with E-state index in [1.54, 1.807) is 0 Å². The first kappa shape index (κ1) is 19.1. The standard InChI is InChI=1S/C7H5F11O2/c8-3(19-1-4(9,10)6(13,14)15)20-2-5(11,12)7(16,17)18/h3H,1-2H2. The molecule has 2 nitrogen and oxygen atoms in total. The average molecular weight is 330 g/mol. The van der Waals surface area contributed by atoms with E-state index in [9.17, 15) is 48.3 Å². The first-order chi connectivity index (χ1) is 8.60. The van der Waals surface area contributed by atoms with Crippen LogP contribution in [0.2, 0.25) is 0 Å². The molecule has 0 unspecified atom stereocenters. The highest BCUT2D eigenvalue weighted by molar-refractivity contribution is 4.76. The predicted octanol–water partition coefficient (Wildman–Crippen LogP) is 3.67. The van der Waals surface area contributed by atoms with E-state index in [2.05, 4.69) is 9.47 Å². The lowest BCUT2D eigenvalue weighted by molar-refractivity contribution is -0.343. The quantitative estimate of drug-likeness (QED) is 0.547. The van der Waals surface area contributed by atoms with Gasteiger partial charge in [0.1, 0.15) is 13.2 Å². The third-order valence-electron chi connectivity index (χ3n) is 1.62. The van der Waals surface area contributed by atoms with Gasteiger partial charge in [0, 0.05) is 0 Å². The molecule has 0 aliphatic carbocycles. The Morgan fingerprint density at radius 3 is 1.05 bits per heavy atom. The smallest absolute Gasteiger partial charge is 0.320 e. The van der Waals surface area contributed by atoms with Crippen molar-refractivity contribution in [3.8, 4) is 0 Å². The van der Waals surface area contributed by atoms with Gasteiger partial charge in [-0.2, -0.15) is 48.3 Å². The number of hydrogen-bond donors (Lipinski definition) is 0. The van der Waals surface area contributed by atoms with Crippen LogP contribution in [0.15, 0.2) is 0 Å². The maximum Gasteiger partial charge on any atom is 0.455 e. The Kier molecular flexibility index (Phi) is 5.62. The highest BCUT2D eigenvalue weighted by Gasteiger charge is 2.59.